The molecule has 0 radical (unpaired) electrons. The maximum absolute atomic E-state index is 13.9. The molecule has 9 nitrogen and oxygen atoms in total. The maximum atomic E-state index is 13.9. The fraction of sp³-hybridized carbons (Fsp3) is 0.261. The normalized spacial score (nSPS) is 18.6. The number of nitrogens with two attached hydrogens (primary N) is 1. The Morgan fingerprint density at radius 1 is 1.12 bits per heavy atom. The Labute approximate surface area is 192 Å². The quantitative estimate of drug-likeness (QED) is 0.709. The minimum atomic E-state index is -4.07. The summed E-state index contributed by atoms with van der Waals surface area (Å²) in [5, 5.41) is 9.94. The zero-order valence-corrected chi connectivity index (χ0v) is 19.4. The van der Waals surface area contributed by atoms with Gasteiger partial charge in [-0.15, -0.1) is 0 Å². The van der Waals surface area contributed by atoms with Crippen LogP contribution in [0.25, 0.3) is 5.76 Å². The summed E-state index contributed by atoms with van der Waals surface area (Å²) in [7, 11) is 0.307. The van der Waals surface area contributed by atoms with Crippen LogP contribution < -0.4 is 24.2 Å². The van der Waals surface area contributed by atoms with Gasteiger partial charge in [0.15, 0.2) is 17.3 Å². The Kier molecular flexibility index (Phi) is 5.59. The average Bonchev–Trinajstić information content (AvgIpc) is 2.82. The van der Waals surface area contributed by atoms with Crippen LogP contribution in [0, 0.1) is 11.3 Å². The van der Waals surface area contributed by atoms with Gasteiger partial charge in [0.1, 0.15) is 16.5 Å². The summed E-state index contributed by atoms with van der Waals surface area (Å²) in [6, 6.07) is 12.3. The smallest absolute Gasteiger partial charge is 0.265 e. The molecule has 0 fully saturated rings. The van der Waals surface area contributed by atoms with Gasteiger partial charge in [0, 0.05) is 12.1 Å². The monoisotopic (exact) mass is 469 g/mol. The van der Waals surface area contributed by atoms with Crippen molar-refractivity contribution in [3.63, 3.8) is 0 Å². The van der Waals surface area contributed by atoms with E-state index in [1.54, 1.807) is 43.3 Å². The average molecular weight is 470 g/mol. The van der Waals surface area contributed by atoms with E-state index in [0.717, 1.165) is 0 Å². The van der Waals surface area contributed by atoms with Gasteiger partial charge in [-0.2, -0.15) is 5.26 Å². The standard InChI is InChI=1S/C23H23N3O6S/c1-5-26-16-9-7-6-8-14(16)20-22(33(26,27)28)19(15(12-24)23(25)32-20)13-10-17(29-2)21(31-4)18(11-13)30-3/h6-11,19H,5,25H2,1-4H3. The predicted molar refractivity (Wildman–Crippen MR) is 122 cm³/mol. The molecule has 0 aliphatic carbocycles. The van der Waals surface area contributed by atoms with Crippen LogP contribution in [0.1, 0.15) is 24.0 Å². The third kappa shape index (κ3) is 3.24. The number of nitrogens with zero attached hydrogens (tertiary/aromatic N) is 2. The van der Waals surface area contributed by atoms with Crippen molar-refractivity contribution >= 4 is 21.5 Å². The van der Waals surface area contributed by atoms with Gasteiger partial charge in [0.25, 0.3) is 10.0 Å². The molecule has 1 atom stereocenters. The number of hydrogen-bond acceptors (Lipinski definition) is 8. The number of para-hydroxylation sites is 1. The Morgan fingerprint density at radius 3 is 2.30 bits per heavy atom. The number of hydrogen-bond donors (Lipinski definition) is 1. The van der Waals surface area contributed by atoms with E-state index in [1.807, 2.05) is 6.07 Å². The van der Waals surface area contributed by atoms with E-state index in [2.05, 4.69) is 0 Å². The van der Waals surface area contributed by atoms with Crippen molar-refractivity contribution in [1.29, 1.82) is 5.26 Å². The molecule has 33 heavy (non-hydrogen) atoms. The lowest BCUT2D eigenvalue weighted by Crippen LogP contribution is -2.39. The summed E-state index contributed by atoms with van der Waals surface area (Å²) >= 11 is 0. The van der Waals surface area contributed by atoms with Crippen LogP contribution in [0.4, 0.5) is 5.69 Å². The van der Waals surface area contributed by atoms with Crippen LogP contribution in [0.5, 0.6) is 17.2 Å². The summed E-state index contributed by atoms with van der Waals surface area (Å²) < 4.78 is 51.1. The zero-order valence-electron chi connectivity index (χ0n) is 18.6. The molecule has 2 aliphatic heterocycles. The first-order valence-electron chi connectivity index (χ1n) is 10.1. The Morgan fingerprint density at radius 2 is 1.76 bits per heavy atom. The summed E-state index contributed by atoms with van der Waals surface area (Å²) in [5.74, 6) is -0.127. The fourth-order valence-electron chi connectivity index (χ4n) is 4.25. The first kappa shape index (κ1) is 22.4. The van der Waals surface area contributed by atoms with E-state index in [0.29, 0.717) is 34.1 Å². The molecular weight excluding hydrogens is 446 g/mol. The second-order valence-corrected chi connectivity index (χ2v) is 9.09. The SMILES string of the molecule is CCN1c2ccccc2C2=C(C(c3cc(OC)c(OC)c(OC)c3)C(C#N)=C(N)O2)S1(=O)=O. The fourth-order valence-corrected chi connectivity index (χ4v) is 6.18. The van der Waals surface area contributed by atoms with E-state index >= 15 is 0 Å². The number of nitriles is 1. The molecule has 0 aromatic heterocycles. The van der Waals surface area contributed by atoms with E-state index in [1.165, 1.54) is 25.6 Å². The Hall–Kier alpha value is -3.84. The number of methoxy groups -OCH3 is 3. The van der Waals surface area contributed by atoms with Gasteiger partial charge >= 0.3 is 0 Å². The number of anilines is 1. The number of sulfonamides is 1. The Bertz CT molecular complexity index is 1320. The first-order chi connectivity index (χ1) is 15.8. The third-order valence-corrected chi connectivity index (χ3v) is 7.68. The topological polar surface area (TPSA) is 124 Å². The summed E-state index contributed by atoms with van der Waals surface area (Å²) in [6.07, 6.45) is 0. The summed E-state index contributed by atoms with van der Waals surface area (Å²) in [4.78, 5) is -0.0666. The van der Waals surface area contributed by atoms with Crippen molar-refractivity contribution in [2.75, 3.05) is 32.2 Å². The molecule has 0 bridgehead atoms. The molecule has 1 unspecified atom stereocenters. The molecule has 0 amide bonds. The van der Waals surface area contributed by atoms with Gasteiger partial charge < -0.3 is 24.7 Å². The van der Waals surface area contributed by atoms with Gasteiger partial charge in [-0.25, -0.2) is 8.42 Å². The van der Waals surface area contributed by atoms with E-state index < -0.39 is 15.9 Å². The summed E-state index contributed by atoms with van der Waals surface area (Å²) in [5.41, 5.74) is 7.60. The molecule has 2 heterocycles. The van der Waals surface area contributed by atoms with Crippen LogP contribution in [-0.2, 0) is 14.8 Å². The molecule has 0 saturated heterocycles. The molecule has 4 rings (SSSR count). The molecule has 10 heteroatoms. The van der Waals surface area contributed by atoms with Crippen molar-refractivity contribution in [2.24, 2.45) is 5.73 Å². The van der Waals surface area contributed by atoms with E-state index in [-0.39, 0.29) is 28.7 Å². The lowest BCUT2D eigenvalue weighted by molar-refractivity contribution is 0.323. The molecule has 0 spiro atoms. The molecule has 2 N–H and O–H groups in total. The van der Waals surface area contributed by atoms with Crippen LogP contribution in [0.2, 0.25) is 0 Å². The largest absolute Gasteiger partial charge is 0.493 e. The van der Waals surface area contributed by atoms with Gasteiger partial charge in [-0.3, -0.25) is 4.31 Å². The lowest BCUT2D eigenvalue weighted by atomic mass is 9.87. The highest BCUT2D eigenvalue weighted by atomic mass is 32.2. The minimum absolute atomic E-state index is 0.0259. The van der Waals surface area contributed by atoms with Gasteiger partial charge in [-0.05, 0) is 36.8 Å². The van der Waals surface area contributed by atoms with Gasteiger partial charge in [0.2, 0.25) is 11.6 Å². The van der Waals surface area contributed by atoms with Crippen molar-refractivity contribution < 1.29 is 27.4 Å². The Balaban J connectivity index is 2.09. The molecular formula is C23H23N3O6S. The molecule has 172 valence electrons. The first-order valence-corrected chi connectivity index (χ1v) is 11.5. The number of benzene rings is 2. The second kappa shape index (κ2) is 8.26. The molecule has 0 saturated carbocycles. The lowest BCUT2D eigenvalue weighted by Gasteiger charge is -2.37. The highest BCUT2D eigenvalue weighted by molar-refractivity contribution is 7.97. The number of fused-ring (bicyclic) bond motifs is 2. The van der Waals surface area contributed by atoms with E-state index in [4.69, 9.17) is 24.7 Å². The molecule has 2 aliphatic rings. The zero-order chi connectivity index (χ0) is 23.9. The highest BCUT2D eigenvalue weighted by Gasteiger charge is 2.47. The molecule has 2 aromatic rings. The second-order valence-electron chi connectivity index (χ2n) is 7.26. The summed E-state index contributed by atoms with van der Waals surface area (Å²) in [6.45, 7) is 1.94. The van der Waals surface area contributed by atoms with Crippen molar-refractivity contribution in [2.45, 2.75) is 12.8 Å². The number of ether oxygens (including phenoxy) is 4. The van der Waals surface area contributed by atoms with Crippen LogP contribution in [0.3, 0.4) is 0 Å². The van der Waals surface area contributed by atoms with Crippen molar-refractivity contribution in [1.82, 2.24) is 0 Å². The van der Waals surface area contributed by atoms with E-state index in [9.17, 15) is 13.7 Å². The number of allylic oxidation sites excluding steroid dienone is 2. The predicted octanol–water partition coefficient (Wildman–Crippen LogP) is 3.06. The number of rotatable bonds is 5. The maximum Gasteiger partial charge on any atom is 0.265 e. The van der Waals surface area contributed by atoms with Crippen LogP contribution in [-0.4, -0.2) is 36.3 Å². The minimum Gasteiger partial charge on any atom is -0.493 e. The third-order valence-electron chi connectivity index (χ3n) is 5.67. The van der Waals surface area contributed by atoms with Crippen LogP contribution >= 0.6 is 0 Å². The highest BCUT2D eigenvalue weighted by Crippen LogP contribution is 2.52. The van der Waals surface area contributed by atoms with Crippen LogP contribution in [0.15, 0.2) is 52.8 Å². The molecule has 2 aromatic carbocycles. The van der Waals surface area contributed by atoms with Crippen molar-refractivity contribution in [3.8, 4) is 23.3 Å². The van der Waals surface area contributed by atoms with Crippen molar-refractivity contribution in [3.05, 3.63) is 63.9 Å². The van der Waals surface area contributed by atoms with Gasteiger partial charge in [-0.1, -0.05) is 12.1 Å². The van der Waals surface area contributed by atoms with Gasteiger partial charge in [0.05, 0.1) is 32.9 Å².